The molecule has 0 spiro atoms. The number of Topliss-reactive ketones (excluding diaryl/α,β-unsaturated/α-hetero) is 2. The molecule has 3 heteroatoms. The van der Waals surface area contributed by atoms with E-state index in [0.717, 1.165) is 0 Å². The molecule has 1 rings (SSSR count). The van der Waals surface area contributed by atoms with Gasteiger partial charge in [0.1, 0.15) is 11.6 Å². The van der Waals surface area contributed by atoms with E-state index >= 15 is 0 Å². The number of rotatable bonds is 3. The molecule has 0 radical (unpaired) electrons. The Kier molecular flexibility index (Phi) is 3.12. The van der Waals surface area contributed by atoms with Crippen molar-refractivity contribution in [3.63, 3.8) is 0 Å². The van der Waals surface area contributed by atoms with Crippen LogP contribution in [-0.2, 0) is 11.2 Å². The highest BCUT2D eigenvalue weighted by molar-refractivity contribution is 5.94. The van der Waals surface area contributed by atoms with Gasteiger partial charge in [-0.3, -0.25) is 9.59 Å². The van der Waals surface area contributed by atoms with Crippen LogP contribution in [0.3, 0.4) is 0 Å². The largest absolute Gasteiger partial charge is 0.300 e. The van der Waals surface area contributed by atoms with Gasteiger partial charge in [-0.15, -0.1) is 0 Å². The highest BCUT2D eigenvalue weighted by Gasteiger charge is 2.08. The first-order chi connectivity index (χ1) is 6.50. The average molecular weight is 194 g/mol. The fourth-order valence-electron chi connectivity index (χ4n) is 1.24. The van der Waals surface area contributed by atoms with E-state index in [4.69, 9.17) is 0 Å². The number of hydrogen-bond acceptors (Lipinski definition) is 2. The molecular weight excluding hydrogens is 183 g/mol. The summed E-state index contributed by atoms with van der Waals surface area (Å²) in [7, 11) is 0. The summed E-state index contributed by atoms with van der Waals surface area (Å²) >= 11 is 0. The molecule has 0 unspecified atom stereocenters. The van der Waals surface area contributed by atoms with Gasteiger partial charge in [-0.25, -0.2) is 4.39 Å². The second-order valence-corrected chi connectivity index (χ2v) is 3.25. The number of ketones is 2. The van der Waals surface area contributed by atoms with Crippen LogP contribution in [0.2, 0.25) is 0 Å². The van der Waals surface area contributed by atoms with Crippen molar-refractivity contribution in [1.29, 1.82) is 0 Å². The summed E-state index contributed by atoms with van der Waals surface area (Å²) in [5, 5.41) is 0. The first-order valence-corrected chi connectivity index (χ1v) is 4.29. The summed E-state index contributed by atoms with van der Waals surface area (Å²) in [4.78, 5) is 21.8. The minimum absolute atomic E-state index is 0.00823. The third-order valence-corrected chi connectivity index (χ3v) is 1.86. The van der Waals surface area contributed by atoms with Crippen molar-refractivity contribution in [2.45, 2.75) is 20.3 Å². The zero-order valence-corrected chi connectivity index (χ0v) is 8.13. The highest BCUT2D eigenvalue weighted by atomic mass is 19.1. The summed E-state index contributed by atoms with van der Waals surface area (Å²) in [5.41, 5.74) is 0.716. The van der Waals surface area contributed by atoms with Crippen LogP contribution in [0.1, 0.15) is 29.8 Å². The Labute approximate surface area is 81.7 Å². The minimum atomic E-state index is -0.537. The highest BCUT2D eigenvalue weighted by Crippen LogP contribution is 2.12. The number of halogens is 1. The zero-order valence-electron chi connectivity index (χ0n) is 8.13. The maximum atomic E-state index is 13.1. The van der Waals surface area contributed by atoms with E-state index in [9.17, 15) is 14.0 Å². The van der Waals surface area contributed by atoms with E-state index < -0.39 is 5.82 Å². The maximum absolute atomic E-state index is 13.1. The lowest BCUT2D eigenvalue weighted by molar-refractivity contribution is -0.116. The molecule has 14 heavy (non-hydrogen) atoms. The average Bonchev–Trinajstić information content (AvgIpc) is 2.07. The fraction of sp³-hybridized carbons (Fsp3) is 0.273. The van der Waals surface area contributed by atoms with Gasteiger partial charge in [-0.1, -0.05) is 6.07 Å². The summed E-state index contributed by atoms with van der Waals surface area (Å²) in [5.74, 6) is -0.871. The van der Waals surface area contributed by atoms with Crippen molar-refractivity contribution in [2.75, 3.05) is 0 Å². The van der Waals surface area contributed by atoms with Crippen molar-refractivity contribution >= 4 is 11.6 Å². The molecule has 0 atom stereocenters. The van der Waals surface area contributed by atoms with E-state index in [1.165, 1.54) is 32.0 Å². The van der Waals surface area contributed by atoms with Crippen molar-refractivity contribution in [1.82, 2.24) is 0 Å². The molecule has 0 bridgehead atoms. The monoisotopic (exact) mass is 194 g/mol. The fourth-order valence-corrected chi connectivity index (χ4v) is 1.24. The van der Waals surface area contributed by atoms with E-state index in [0.29, 0.717) is 5.56 Å². The quantitative estimate of drug-likeness (QED) is 0.691. The predicted octanol–water partition coefficient (Wildman–Crippen LogP) is 2.16. The molecule has 0 aliphatic heterocycles. The van der Waals surface area contributed by atoms with Crippen LogP contribution < -0.4 is 0 Å². The molecule has 0 saturated heterocycles. The molecule has 0 amide bonds. The summed E-state index contributed by atoms with van der Waals surface area (Å²) in [6.07, 6.45) is 0.237. The van der Waals surface area contributed by atoms with Crippen LogP contribution in [-0.4, -0.2) is 11.6 Å². The molecule has 1 aromatic carbocycles. The van der Waals surface area contributed by atoms with Crippen LogP contribution in [0.4, 0.5) is 4.39 Å². The standard InChI is InChI=1S/C11H11FO2/c1-7(13)5-9-3-4-11(12)10(6-9)8(2)14/h3-4,6H,5H2,1-2H3. The van der Waals surface area contributed by atoms with Gasteiger partial charge in [-0.05, 0) is 31.5 Å². The van der Waals surface area contributed by atoms with E-state index in [1.807, 2.05) is 0 Å². The Morgan fingerprint density at radius 1 is 1.29 bits per heavy atom. The molecule has 0 aliphatic carbocycles. The number of benzene rings is 1. The summed E-state index contributed by atoms with van der Waals surface area (Å²) < 4.78 is 13.1. The molecule has 0 saturated carbocycles. The zero-order chi connectivity index (χ0) is 10.7. The Balaban J connectivity index is 3.06. The second kappa shape index (κ2) is 4.13. The summed E-state index contributed by atoms with van der Waals surface area (Å²) in [6.45, 7) is 2.76. The van der Waals surface area contributed by atoms with E-state index in [-0.39, 0.29) is 23.6 Å². The summed E-state index contributed by atoms with van der Waals surface area (Å²) in [6, 6.07) is 4.16. The smallest absolute Gasteiger partial charge is 0.162 e. The third-order valence-electron chi connectivity index (χ3n) is 1.86. The van der Waals surface area contributed by atoms with Gasteiger partial charge in [0.05, 0.1) is 5.56 Å². The lowest BCUT2D eigenvalue weighted by Gasteiger charge is -2.02. The topological polar surface area (TPSA) is 34.1 Å². The van der Waals surface area contributed by atoms with Gasteiger partial charge in [-0.2, -0.15) is 0 Å². The Morgan fingerprint density at radius 2 is 1.93 bits per heavy atom. The molecule has 0 fully saturated rings. The Morgan fingerprint density at radius 3 is 2.43 bits per heavy atom. The molecule has 2 nitrogen and oxygen atoms in total. The van der Waals surface area contributed by atoms with E-state index in [1.54, 1.807) is 0 Å². The van der Waals surface area contributed by atoms with Crippen LogP contribution in [0.5, 0.6) is 0 Å². The Hall–Kier alpha value is -1.51. The van der Waals surface area contributed by atoms with Gasteiger partial charge in [0, 0.05) is 6.42 Å². The number of carbonyl (C=O) groups excluding carboxylic acids is 2. The second-order valence-electron chi connectivity index (χ2n) is 3.25. The van der Waals surface area contributed by atoms with Crippen molar-refractivity contribution in [3.8, 4) is 0 Å². The lowest BCUT2D eigenvalue weighted by atomic mass is 10.0. The van der Waals surface area contributed by atoms with Crippen molar-refractivity contribution < 1.29 is 14.0 Å². The molecule has 0 aromatic heterocycles. The van der Waals surface area contributed by atoms with Gasteiger partial charge < -0.3 is 0 Å². The maximum Gasteiger partial charge on any atom is 0.162 e. The van der Waals surface area contributed by atoms with Crippen molar-refractivity contribution in [2.24, 2.45) is 0 Å². The number of carbonyl (C=O) groups is 2. The minimum Gasteiger partial charge on any atom is -0.300 e. The molecule has 0 N–H and O–H groups in total. The Bertz CT molecular complexity index is 383. The van der Waals surface area contributed by atoms with Crippen LogP contribution in [0.15, 0.2) is 18.2 Å². The van der Waals surface area contributed by atoms with Gasteiger partial charge in [0.25, 0.3) is 0 Å². The van der Waals surface area contributed by atoms with Crippen LogP contribution >= 0.6 is 0 Å². The normalized spacial score (nSPS) is 9.93. The van der Waals surface area contributed by atoms with Crippen molar-refractivity contribution in [3.05, 3.63) is 35.1 Å². The predicted molar refractivity (Wildman–Crippen MR) is 50.8 cm³/mol. The SMILES string of the molecule is CC(=O)Cc1ccc(F)c(C(C)=O)c1. The molecule has 0 heterocycles. The van der Waals surface area contributed by atoms with E-state index in [2.05, 4.69) is 0 Å². The first kappa shape index (κ1) is 10.6. The van der Waals surface area contributed by atoms with Crippen LogP contribution in [0, 0.1) is 5.82 Å². The molecule has 74 valence electrons. The molecule has 1 aromatic rings. The first-order valence-electron chi connectivity index (χ1n) is 4.29. The molecule has 0 aliphatic rings. The lowest BCUT2D eigenvalue weighted by Crippen LogP contribution is -2.01. The van der Waals surface area contributed by atoms with Gasteiger partial charge >= 0.3 is 0 Å². The molecular formula is C11H11FO2. The van der Waals surface area contributed by atoms with Gasteiger partial charge in [0.2, 0.25) is 0 Å². The third kappa shape index (κ3) is 2.49. The van der Waals surface area contributed by atoms with Crippen LogP contribution in [0.25, 0.3) is 0 Å². The van der Waals surface area contributed by atoms with Gasteiger partial charge in [0.15, 0.2) is 5.78 Å². The number of hydrogen-bond donors (Lipinski definition) is 0.